The van der Waals surface area contributed by atoms with Crippen LogP contribution in [-0.4, -0.2) is 31.7 Å². The van der Waals surface area contributed by atoms with Crippen molar-refractivity contribution in [1.29, 1.82) is 0 Å². The third-order valence-corrected chi connectivity index (χ3v) is 2.75. The molecular formula is C14H24N2O. The Morgan fingerprint density at radius 1 is 1.24 bits per heavy atom. The van der Waals surface area contributed by atoms with E-state index < -0.39 is 0 Å². The molecule has 0 radical (unpaired) electrons. The molecule has 0 bridgehead atoms. The van der Waals surface area contributed by atoms with Crippen molar-refractivity contribution in [2.24, 2.45) is 0 Å². The fourth-order valence-corrected chi connectivity index (χ4v) is 1.62. The zero-order valence-electron chi connectivity index (χ0n) is 11.0. The minimum atomic E-state index is 0.795. The van der Waals surface area contributed by atoms with E-state index in [4.69, 9.17) is 10.5 Å². The van der Waals surface area contributed by atoms with Crippen LogP contribution in [0.3, 0.4) is 0 Å². The van der Waals surface area contributed by atoms with Gasteiger partial charge in [-0.25, -0.2) is 0 Å². The molecule has 3 nitrogen and oxygen atoms in total. The van der Waals surface area contributed by atoms with Crippen molar-refractivity contribution in [3.63, 3.8) is 0 Å². The van der Waals surface area contributed by atoms with Gasteiger partial charge >= 0.3 is 0 Å². The lowest BCUT2D eigenvalue weighted by atomic mass is 10.2. The molecule has 0 fully saturated rings. The van der Waals surface area contributed by atoms with E-state index in [1.165, 1.54) is 12.0 Å². The summed E-state index contributed by atoms with van der Waals surface area (Å²) in [6, 6.07) is 8.01. The van der Waals surface area contributed by atoms with Gasteiger partial charge in [0, 0.05) is 25.4 Å². The Balaban J connectivity index is 2.21. The fraction of sp³-hybridized carbons (Fsp3) is 0.571. The van der Waals surface area contributed by atoms with E-state index in [0.29, 0.717) is 0 Å². The molecule has 96 valence electrons. The molecule has 0 aliphatic carbocycles. The first-order valence-electron chi connectivity index (χ1n) is 6.33. The summed E-state index contributed by atoms with van der Waals surface area (Å²) in [6.45, 7) is 5.66. The minimum absolute atomic E-state index is 0.795. The Bertz CT molecular complexity index is 315. The van der Waals surface area contributed by atoms with Crippen molar-refractivity contribution < 1.29 is 4.74 Å². The molecule has 1 rings (SSSR count). The molecule has 2 N–H and O–H groups in total. The van der Waals surface area contributed by atoms with Crippen molar-refractivity contribution in [2.75, 3.05) is 32.5 Å². The predicted molar refractivity (Wildman–Crippen MR) is 72.9 cm³/mol. The lowest BCUT2D eigenvalue weighted by Gasteiger charge is -2.17. The SMILES string of the molecule is CCCCOCCN(C)Cc1ccccc1N. The van der Waals surface area contributed by atoms with Crippen molar-refractivity contribution in [3.05, 3.63) is 29.8 Å². The summed E-state index contributed by atoms with van der Waals surface area (Å²) in [6.07, 6.45) is 2.34. The van der Waals surface area contributed by atoms with Gasteiger partial charge in [-0.15, -0.1) is 0 Å². The van der Waals surface area contributed by atoms with Gasteiger partial charge in [0.2, 0.25) is 0 Å². The monoisotopic (exact) mass is 236 g/mol. The highest BCUT2D eigenvalue weighted by molar-refractivity contribution is 5.46. The summed E-state index contributed by atoms with van der Waals surface area (Å²) in [5, 5.41) is 0. The summed E-state index contributed by atoms with van der Waals surface area (Å²) < 4.78 is 5.54. The number of anilines is 1. The first-order chi connectivity index (χ1) is 8.24. The number of rotatable bonds is 8. The average Bonchev–Trinajstić information content (AvgIpc) is 2.32. The molecule has 3 heteroatoms. The van der Waals surface area contributed by atoms with E-state index in [-0.39, 0.29) is 0 Å². The van der Waals surface area contributed by atoms with Crippen LogP contribution in [0.4, 0.5) is 5.69 Å². The van der Waals surface area contributed by atoms with E-state index in [1.807, 2.05) is 18.2 Å². The van der Waals surface area contributed by atoms with Crippen LogP contribution in [0.2, 0.25) is 0 Å². The van der Waals surface area contributed by atoms with Crippen molar-refractivity contribution in [1.82, 2.24) is 4.90 Å². The normalized spacial score (nSPS) is 11.0. The molecule has 0 heterocycles. The van der Waals surface area contributed by atoms with Crippen LogP contribution >= 0.6 is 0 Å². The second-order valence-electron chi connectivity index (χ2n) is 4.40. The molecular weight excluding hydrogens is 212 g/mol. The van der Waals surface area contributed by atoms with E-state index in [1.54, 1.807) is 0 Å². The topological polar surface area (TPSA) is 38.5 Å². The van der Waals surface area contributed by atoms with E-state index in [0.717, 1.165) is 38.4 Å². The lowest BCUT2D eigenvalue weighted by Crippen LogP contribution is -2.23. The highest BCUT2D eigenvalue weighted by Crippen LogP contribution is 2.12. The number of nitrogen functional groups attached to an aromatic ring is 1. The molecule has 0 atom stereocenters. The molecule has 0 aliphatic heterocycles. The zero-order valence-corrected chi connectivity index (χ0v) is 11.0. The Hall–Kier alpha value is -1.06. The van der Waals surface area contributed by atoms with Crippen molar-refractivity contribution >= 4 is 5.69 Å². The molecule has 1 aromatic carbocycles. The van der Waals surface area contributed by atoms with Gasteiger partial charge in [0.05, 0.1) is 6.61 Å². The molecule has 0 aromatic heterocycles. The highest BCUT2D eigenvalue weighted by atomic mass is 16.5. The largest absolute Gasteiger partial charge is 0.398 e. The second-order valence-corrected chi connectivity index (χ2v) is 4.40. The van der Waals surface area contributed by atoms with Crippen LogP contribution in [0, 0.1) is 0 Å². The summed E-state index contributed by atoms with van der Waals surface area (Å²) in [5.74, 6) is 0. The molecule has 17 heavy (non-hydrogen) atoms. The molecule has 0 saturated carbocycles. The number of hydrogen-bond acceptors (Lipinski definition) is 3. The molecule has 0 amide bonds. The number of hydrogen-bond donors (Lipinski definition) is 1. The van der Waals surface area contributed by atoms with Gasteiger partial charge in [-0.1, -0.05) is 31.5 Å². The van der Waals surface area contributed by atoms with Crippen LogP contribution in [-0.2, 0) is 11.3 Å². The van der Waals surface area contributed by atoms with Crippen LogP contribution in [0.25, 0.3) is 0 Å². The van der Waals surface area contributed by atoms with Gasteiger partial charge in [0.1, 0.15) is 0 Å². The molecule has 0 aliphatic rings. The van der Waals surface area contributed by atoms with E-state index in [9.17, 15) is 0 Å². The molecule has 0 spiro atoms. The number of para-hydroxylation sites is 1. The number of nitrogens with two attached hydrogens (primary N) is 1. The number of likely N-dealkylation sites (N-methyl/N-ethyl adjacent to an activating group) is 1. The fourth-order valence-electron chi connectivity index (χ4n) is 1.62. The lowest BCUT2D eigenvalue weighted by molar-refractivity contribution is 0.107. The third-order valence-electron chi connectivity index (χ3n) is 2.75. The van der Waals surface area contributed by atoms with Gasteiger partial charge in [-0.2, -0.15) is 0 Å². The molecule has 0 unspecified atom stereocenters. The smallest absolute Gasteiger partial charge is 0.0593 e. The van der Waals surface area contributed by atoms with Crippen molar-refractivity contribution in [2.45, 2.75) is 26.3 Å². The predicted octanol–water partition coefficient (Wildman–Crippen LogP) is 2.52. The third kappa shape index (κ3) is 5.71. The summed E-state index contributed by atoms with van der Waals surface area (Å²) >= 11 is 0. The van der Waals surface area contributed by atoms with Gasteiger partial charge in [-0.3, -0.25) is 4.90 Å². The van der Waals surface area contributed by atoms with Crippen LogP contribution < -0.4 is 5.73 Å². The number of benzene rings is 1. The van der Waals surface area contributed by atoms with Gasteiger partial charge < -0.3 is 10.5 Å². The first-order valence-corrected chi connectivity index (χ1v) is 6.33. The molecule has 1 aromatic rings. The number of unbranched alkanes of at least 4 members (excludes halogenated alkanes) is 1. The zero-order chi connectivity index (χ0) is 12.5. The Morgan fingerprint density at radius 3 is 2.71 bits per heavy atom. The van der Waals surface area contributed by atoms with E-state index >= 15 is 0 Å². The van der Waals surface area contributed by atoms with Crippen LogP contribution in [0.1, 0.15) is 25.3 Å². The van der Waals surface area contributed by atoms with Crippen molar-refractivity contribution in [3.8, 4) is 0 Å². The average molecular weight is 236 g/mol. The van der Waals surface area contributed by atoms with E-state index in [2.05, 4.69) is 24.9 Å². The first kappa shape index (κ1) is 14.0. The Morgan fingerprint density at radius 2 is 2.00 bits per heavy atom. The standard InChI is InChI=1S/C14H24N2O/c1-3-4-10-17-11-9-16(2)12-13-7-5-6-8-14(13)15/h5-8H,3-4,9-12,15H2,1-2H3. The van der Waals surface area contributed by atoms with Gasteiger partial charge in [0.25, 0.3) is 0 Å². The summed E-state index contributed by atoms with van der Waals surface area (Å²) in [7, 11) is 2.09. The second kappa shape index (κ2) is 8.09. The maximum atomic E-state index is 5.91. The van der Waals surface area contributed by atoms with Crippen LogP contribution in [0.5, 0.6) is 0 Å². The summed E-state index contributed by atoms with van der Waals surface area (Å²) in [5.41, 5.74) is 7.96. The number of nitrogens with zero attached hydrogens (tertiary/aromatic N) is 1. The van der Waals surface area contributed by atoms with Crippen LogP contribution in [0.15, 0.2) is 24.3 Å². The minimum Gasteiger partial charge on any atom is -0.398 e. The van der Waals surface area contributed by atoms with Gasteiger partial charge in [0.15, 0.2) is 0 Å². The quantitative estimate of drug-likeness (QED) is 0.557. The summed E-state index contributed by atoms with van der Waals surface area (Å²) in [4.78, 5) is 2.23. The molecule has 0 saturated heterocycles. The Labute approximate surface area is 105 Å². The maximum absolute atomic E-state index is 5.91. The maximum Gasteiger partial charge on any atom is 0.0593 e. The highest BCUT2D eigenvalue weighted by Gasteiger charge is 2.02. The Kier molecular flexibility index (Phi) is 6.67. The number of ether oxygens (including phenoxy) is 1. The van der Waals surface area contributed by atoms with Gasteiger partial charge in [-0.05, 0) is 25.1 Å².